The van der Waals surface area contributed by atoms with E-state index in [0.29, 0.717) is 28.9 Å². The number of pyridine rings is 2. The van der Waals surface area contributed by atoms with Crippen molar-refractivity contribution in [1.29, 1.82) is 0 Å². The van der Waals surface area contributed by atoms with E-state index in [0.717, 1.165) is 10.9 Å². The molecule has 6 heteroatoms. The molecule has 2 amide bonds. The minimum atomic E-state index is -0.213. The maximum Gasteiger partial charge on any atom is 0.255 e. The minimum absolute atomic E-state index is 0.194. The Morgan fingerprint density at radius 3 is 2.48 bits per heavy atom. The molecule has 0 bridgehead atoms. The van der Waals surface area contributed by atoms with Crippen LogP contribution >= 0.6 is 0 Å². The maximum absolute atomic E-state index is 12.7. The highest BCUT2D eigenvalue weighted by molar-refractivity contribution is 6.05. The zero-order valence-electron chi connectivity index (χ0n) is 15.5. The average molecular weight is 382 g/mol. The van der Waals surface area contributed by atoms with Crippen LogP contribution in [0.3, 0.4) is 0 Å². The summed E-state index contributed by atoms with van der Waals surface area (Å²) in [7, 11) is 0. The highest BCUT2D eigenvalue weighted by Crippen LogP contribution is 2.16. The number of amides is 2. The van der Waals surface area contributed by atoms with Crippen LogP contribution in [0.4, 0.5) is 5.69 Å². The standard InChI is InChI=1S/C23H18N4O2/c28-22(18-9-12-24-13-10-18)27-19-7-1-4-16(14-19)15-26-23(29)20-8-2-5-17-6-3-11-25-21(17)20/h1-14H,15H2,(H,26,29)(H,27,28). The predicted molar refractivity (Wildman–Crippen MR) is 112 cm³/mol. The number of nitrogens with one attached hydrogen (secondary N) is 2. The van der Waals surface area contributed by atoms with Gasteiger partial charge in [0.25, 0.3) is 11.8 Å². The van der Waals surface area contributed by atoms with Gasteiger partial charge in [-0.3, -0.25) is 19.6 Å². The number of nitrogens with zero attached hydrogens (tertiary/aromatic N) is 2. The van der Waals surface area contributed by atoms with Crippen LogP contribution in [0.1, 0.15) is 26.3 Å². The SMILES string of the molecule is O=C(Nc1cccc(CNC(=O)c2cccc3cccnc23)c1)c1ccncc1. The first-order chi connectivity index (χ1) is 14.2. The van der Waals surface area contributed by atoms with Gasteiger partial charge in [-0.2, -0.15) is 0 Å². The Hall–Kier alpha value is -4.06. The van der Waals surface area contributed by atoms with Crippen LogP contribution in [0.25, 0.3) is 10.9 Å². The lowest BCUT2D eigenvalue weighted by molar-refractivity contribution is 0.0951. The number of fused-ring (bicyclic) bond motifs is 1. The number of hydrogen-bond donors (Lipinski definition) is 2. The number of carbonyl (C=O) groups is 2. The number of anilines is 1. The molecule has 2 N–H and O–H groups in total. The van der Waals surface area contributed by atoms with Crippen LogP contribution in [0, 0.1) is 0 Å². The lowest BCUT2D eigenvalue weighted by atomic mass is 10.1. The molecule has 0 saturated carbocycles. The van der Waals surface area contributed by atoms with Crippen LogP contribution in [0.2, 0.25) is 0 Å². The maximum atomic E-state index is 12.7. The second-order valence-corrected chi connectivity index (χ2v) is 6.45. The summed E-state index contributed by atoms with van der Waals surface area (Å²) in [5, 5.41) is 6.69. The van der Waals surface area contributed by atoms with Crippen LogP contribution in [-0.4, -0.2) is 21.8 Å². The van der Waals surface area contributed by atoms with Crippen molar-refractivity contribution < 1.29 is 9.59 Å². The van der Waals surface area contributed by atoms with Crippen molar-refractivity contribution in [1.82, 2.24) is 15.3 Å². The number of aromatic nitrogens is 2. The molecule has 0 spiro atoms. The molecule has 4 rings (SSSR count). The van der Waals surface area contributed by atoms with Gasteiger partial charge in [0.1, 0.15) is 0 Å². The van der Waals surface area contributed by atoms with Crippen LogP contribution in [0.5, 0.6) is 0 Å². The lowest BCUT2D eigenvalue weighted by Crippen LogP contribution is -2.23. The zero-order valence-corrected chi connectivity index (χ0v) is 15.5. The number of hydrogen-bond acceptors (Lipinski definition) is 4. The van der Waals surface area contributed by atoms with E-state index in [-0.39, 0.29) is 11.8 Å². The molecule has 0 aliphatic rings. The van der Waals surface area contributed by atoms with Gasteiger partial charge in [0.05, 0.1) is 11.1 Å². The topological polar surface area (TPSA) is 84.0 Å². The Morgan fingerprint density at radius 2 is 1.62 bits per heavy atom. The summed E-state index contributed by atoms with van der Waals surface area (Å²) in [6.07, 6.45) is 4.82. The third-order valence-electron chi connectivity index (χ3n) is 4.46. The molecule has 2 heterocycles. The van der Waals surface area contributed by atoms with E-state index in [9.17, 15) is 9.59 Å². The minimum Gasteiger partial charge on any atom is -0.348 e. The van der Waals surface area contributed by atoms with Gasteiger partial charge in [0, 0.05) is 41.8 Å². The molecule has 2 aromatic carbocycles. The Labute approximate surface area is 167 Å². The Balaban J connectivity index is 1.44. The first kappa shape index (κ1) is 18.3. The van der Waals surface area contributed by atoms with Gasteiger partial charge in [0.2, 0.25) is 0 Å². The van der Waals surface area contributed by atoms with Crippen molar-refractivity contribution in [3.63, 3.8) is 0 Å². The first-order valence-corrected chi connectivity index (χ1v) is 9.13. The van der Waals surface area contributed by atoms with Crippen molar-refractivity contribution in [3.05, 3.63) is 102 Å². The van der Waals surface area contributed by atoms with E-state index in [1.165, 1.54) is 0 Å². The summed E-state index contributed by atoms with van der Waals surface area (Å²) in [4.78, 5) is 33.2. The van der Waals surface area contributed by atoms with E-state index >= 15 is 0 Å². The van der Waals surface area contributed by atoms with E-state index in [4.69, 9.17) is 0 Å². The van der Waals surface area contributed by atoms with Crippen LogP contribution < -0.4 is 10.6 Å². The molecule has 0 aliphatic heterocycles. The third kappa shape index (κ3) is 4.27. The number of benzene rings is 2. The fourth-order valence-electron chi connectivity index (χ4n) is 3.03. The number of rotatable bonds is 5. The number of carbonyl (C=O) groups excluding carboxylic acids is 2. The molecular weight excluding hydrogens is 364 g/mol. The largest absolute Gasteiger partial charge is 0.348 e. The molecule has 0 aliphatic carbocycles. The summed E-state index contributed by atoms with van der Waals surface area (Å²) in [6.45, 7) is 0.334. The fraction of sp³-hybridized carbons (Fsp3) is 0.0435. The van der Waals surface area contributed by atoms with Gasteiger partial charge < -0.3 is 10.6 Å². The van der Waals surface area contributed by atoms with Gasteiger partial charge in [-0.25, -0.2) is 0 Å². The Bertz CT molecular complexity index is 1170. The number of para-hydroxylation sites is 1. The molecule has 0 unspecified atom stereocenters. The quantitative estimate of drug-likeness (QED) is 0.550. The molecule has 0 atom stereocenters. The van der Waals surface area contributed by atoms with Crippen LogP contribution in [-0.2, 0) is 6.54 Å². The predicted octanol–water partition coefficient (Wildman–Crippen LogP) is 3.81. The summed E-state index contributed by atoms with van der Waals surface area (Å²) in [6, 6.07) is 20.0. The van der Waals surface area contributed by atoms with Crippen LogP contribution in [0.15, 0.2) is 85.3 Å². The van der Waals surface area contributed by atoms with Gasteiger partial charge >= 0.3 is 0 Å². The molecule has 6 nitrogen and oxygen atoms in total. The van der Waals surface area contributed by atoms with Crippen molar-refractivity contribution >= 4 is 28.4 Å². The normalized spacial score (nSPS) is 10.5. The van der Waals surface area contributed by atoms with Gasteiger partial charge in [-0.05, 0) is 42.0 Å². The summed E-state index contributed by atoms with van der Waals surface area (Å²) in [5.74, 6) is -0.407. The van der Waals surface area contributed by atoms with Gasteiger partial charge in [0.15, 0.2) is 0 Å². The van der Waals surface area contributed by atoms with Gasteiger partial charge in [-0.1, -0.05) is 30.3 Å². The fourth-order valence-corrected chi connectivity index (χ4v) is 3.03. The van der Waals surface area contributed by atoms with Crippen molar-refractivity contribution in [3.8, 4) is 0 Å². The Kier molecular flexibility index (Phi) is 5.25. The molecule has 4 aromatic rings. The highest BCUT2D eigenvalue weighted by Gasteiger charge is 2.11. The molecule has 0 saturated heterocycles. The monoisotopic (exact) mass is 382 g/mol. The molecule has 142 valence electrons. The van der Waals surface area contributed by atoms with Gasteiger partial charge in [-0.15, -0.1) is 0 Å². The van der Waals surface area contributed by atoms with E-state index in [1.54, 1.807) is 42.9 Å². The third-order valence-corrected chi connectivity index (χ3v) is 4.46. The first-order valence-electron chi connectivity index (χ1n) is 9.13. The lowest BCUT2D eigenvalue weighted by Gasteiger charge is -2.10. The summed E-state index contributed by atoms with van der Waals surface area (Å²) in [5.41, 5.74) is 3.27. The molecule has 29 heavy (non-hydrogen) atoms. The molecule has 0 fully saturated rings. The molecule has 2 aromatic heterocycles. The van der Waals surface area contributed by atoms with Crippen molar-refractivity contribution in [2.75, 3.05) is 5.32 Å². The highest BCUT2D eigenvalue weighted by atomic mass is 16.2. The van der Waals surface area contributed by atoms with E-state index < -0.39 is 0 Å². The zero-order chi connectivity index (χ0) is 20.1. The van der Waals surface area contributed by atoms with E-state index in [1.807, 2.05) is 42.5 Å². The second kappa shape index (κ2) is 8.31. The summed E-state index contributed by atoms with van der Waals surface area (Å²) >= 11 is 0. The summed E-state index contributed by atoms with van der Waals surface area (Å²) < 4.78 is 0. The van der Waals surface area contributed by atoms with Crippen molar-refractivity contribution in [2.45, 2.75) is 6.54 Å². The van der Waals surface area contributed by atoms with Crippen molar-refractivity contribution in [2.24, 2.45) is 0 Å². The molecular formula is C23H18N4O2. The second-order valence-electron chi connectivity index (χ2n) is 6.45. The average Bonchev–Trinajstić information content (AvgIpc) is 2.78. The molecule has 0 radical (unpaired) electrons. The Morgan fingerprint density at radius 1 is 0.828 bits per heavy atom. The van der Waals surface area contributed by atoms with E-state index in [2.05, 4.69) is 20.6 Å². The smallest absolute Gasteiger partial charge is 0.255 e.